The lowest BCUT2D eigenvalue weighted by Crippen LogP contribution is -2.16. The Labute approximate surface area is 109 Å². The van der Waals surface area contributed by atoms with Gasteiger partial charge in [-0.3, -0.25) is 0 Å². The number of aliphatic hydroxyl groups is 1. The van der Waals surface area contributed by atoms with Gasteiger partial charge in [0.05, 0.1) is 12.7 Å². The van der Waals surface area contributed by atoms with E-state index in [4.69, 9.17) is 5.11 Å². The molecule has 0 aliphatic carbocycles. The Kier molecular flexibility index (Phi) is 6.18. The average molecular weight is 302 g/mol. The van der Waals surface area contributed by atoms with Crippen molar-refractivity contribution in [1.82, 2.24) is 5.32 Å². The van der Waals surface area contributed by atoms with Crippen LogP contribution in [0.5, 0.6) is 0 Å². The fourth-order valence-electron chi connectivity index (χ4n) is 1.36. The molecular formula is C12H16BrNO3. The maximum absolute atomic E-state index is 11.3. The van der Waals surface area contributed by atoms with E-state index in [1.165, 1.54) is 7.11 Å². The van der Waals surface area contributed by atoms with E-state index in [0.29, 0.717) is 12.1 Å². The van der Waals surface area contributed by atoms with Gasteiger partial charge >= 0.3 is 5.97 Å². The van der Waals surface area contributed by atoms with E-state index in [2.05, 4.69) is 26.0 Å². The summed E-state index contributed by atoms with van der Waals surface area (Å²) in [5.41, 5.74) is 1.59. The summed E-state index contributed by atoms with van der Waals surface area (Å²) in [5.74, 6) is -0.342. The van der Waals surface area contributed by atoms with Crippen molar-refractivity contribution in [2.75, 3.05) is 20.3 Å². The van der Waals surface area contributed by atoms with E-state index >= 15 is 0 Å². The fourth-order valence-corrected chi connectivity index (χ4v) is 1.88. The summed E-state index contributed by atoms with van der Waals surface area (Å²) in [7, 11) is 1.36. The van der Waals surface area contributed by atoms with E-state index in [-0.39, 0.29) is 12.6 Å². The second-order valence-corrected chi connectivity index (χ2v) is 4.41. The van der Waals surface area contributed by atoms with Crippen LogP contribution in [0, 0.1) is 0 Å². The fraction of sp³-hybridized carbons (Fsp3) is 0.417. The Morgan fingerprint density at radius 3 is 2.88 bits per heavy atom. The predicted octanol–water partition coefficient (Wildman–Crippen LogP) is 1.71. The summed E-state index contributed by atoms with van der Waals surface area (Å²) in [4.78, 5) is 11.3. The maximum Gasteiger partial charge on any atom is 0.337 e. The smallest absolute Gasteiger partial charge is 0.337 e. The minimum atomic E-state index is -0.342. The molecule has 0 atom stereocenters. The monoisotopic (exact) mass is 301 g/mol. The molecule has 1 aromatic rings. The first kappa shape index (κ1) is 14.2. The van der Waals surface area contributed by atoms with E-state index in [0.717, 1.165) is 23.0 Å². The molecule has 0 radical (unpaired) electrons. The van der Waals surface area contributed by atoms with Crippen LogP contribution < -0.4 is 5.32 Å². The normalized spacial score (nSPS) is 10.3. The zero-order chi connectivity index (χ0) is 12.7. The number of benzene rings is 1. The highest BCUT2D eigenvalue weighted by molar-refractivity contribution is 9.10. The third-order valence-electron chi connectivity index (χ3n) is 2.30. The first-order valence-electron chi connectivity index (χ1n) is 5.37. The highest BCUT2D eigenvalue weighted by atomic mass is 79.9. The molecule has 17 heavy (non-hydrogen) atoms. The zero-order valence-electron chi connectivity index (χ0n) is 9.70. The largest absolute Gasteiger partial charge is 0.465 e. The van der Waals surface area contributed by atoms with Crippen LogP contribution >= 0.6 is 15.9 Å². The molecule has 1 rings (SSSR count). The van der Waals surface area contributed by atoms with Gasteiger partial charge in [0, 0.05) is 17.6 Å². The molecule has 0 amide bonds. The van der Waals surface area contributed by atoms with Crippen molar-refractivity contribution in [1.29, 1.82) is 0 Å². The number of carbonyl (C=O) groups is 1. The lowest BCUT2D eigenvalue weighted by Gasteiger charge is -2.07. The molecule has 1 aromatic carbocycles. The molecule has 0 heterocycles. The van der Waals surface area contributed by atoms with Gasteiger partial charge in [-0.05, 0) is 30.7 Å². The second-order valence-electron chi connectivity index (χ2n) is 3.55. The Morgan fingerprint density at radius 2 is 2.29 bits per heavy atom. The summed E-state index contributed by atoms with van der Waals surface area (Å²) < 4.78 is 5.51. The number of hydrogen-bond donors (Lipinski definition) is 2. The highest BCUT2D eigenvalue weighted by Gasteiger charge is 2.07. The third kappa shape index (κ3) is 4.46. The molecule has 0 spiro atoms. The SMILES string of the molecule is COC(=O)c1ccc(CNCCCO)c(Br)c1. The number of nitrogens with one attached hydrogen (secondary N) is 1. The number of rotatable bonds is 6. The Hall–Kier alpha value is -0.910. The van der Waals surface area contributed by atoms with Crippen LogP contribution in [0.3, 0.4) is 0 Å². The number of halogens is 1. The van der Waals surface area contributed by atoms with Crippen molar-refractivity contribution in [2.24, 2.45) is 0 Å². The minimum absolute atomic E-state index is 0.190. The summed E-state index contributed by atoms with van der Waals surface area (Å²) in [6, 6.07) is 5.36. The van der Waals surface area contributed by atoms with Gasteiger partial charge < -0.3 is 15.2 Å². The van der Waals surface area contributed by atoms with E-state index in [1.54, 1.807) is 12.1 Å². The van der Waals surface area contributed by atoms with Crippen LogP contribution in [0.4, 0.5) is 0 Å². The van der Waals surface area contributed by atoms with Gasteiger partial charge in [0.1, 0.15) is 0 Å². The topological polar surface area (TPSA) is 58.6 Å². The molecule has 94 valence electrons. The van der Waals surface area contributed by atoms with Crippen molar-refractivity contribution < 1.29 is 14.6 Å². The average Bonchev–Trinajstić information content (AvgIpc) is 2.35. The molecular weight excluding hydrogens is 286 g/mol. The van der Waals surface area contributed by atoms with Crippen molar-refractivity contribution in [2.45, 2.75) is 13.0 Å². The maximum atomic E-state index is 11.3. The first-order chi connectivity index (χ1) is 8.19. The molecule has 2 N–H and O–H groups in total. The van der Waals surface area contributed by atoms with Gasteiger partial charge in [-0.1, -0.05) is 22.0 Å². The Balaban J connectivity index is 2.60. The molecule has 0 saturated carbocycles. The number of hydrogen-bond acceptors (Lipinski definition) is 4. The van der Waals surface area contributed by atoms with E-state index in [9.17, 15) is 4.79 Å². The molecule has 0 aromatic heterocycles. The molecule has 0 unspecified atom stereocenters. The molecule has 5 heteroatoms. The van der Waals surface area contributed by atoms with Crippen molar-refractivity contribution >= 4 is 21.9 Å². The number of esters is 1. The van der Waals surface area contributed by atoms with Crippen LogP contribution in [0.15, 0.2) is 22.7 Å². The molecule has 0 saturated heterocycles. The van der Waals surface area contributed by atoms with Crippen molar-refractivity contribution in [3.8, 4) is 0 Å². The molecule has 0 fully saturated rings. The van der Waals surface area contributed by atoms with Crippen molar-refractivity contribution in [3.05, 3.63) is 33.8 Å². The number of methoxy groups -OCH3 is 1. The van der Waals surface area contributed by atoms with Gasteiger partial charge in [-0.15, -0.1) is 0 Å². The zero-order valence-corrected chi connectivity index (χ0v) is 11.3. The van der Waals surface area contributed by atoms with Crippen LogP contribution in [0.2, 0.25) is 0 Å². The standard InChI is InChI=1S/C12H16BrNO3/c1-17-12(16)9-3-4-10(11(13)7-9)8-14-5-2-6-15/h3-4,7,14-15H,2,5-6,8H2,1H3. The summed E-state index contributed by atoms with van der Waals surface area (Å²) in [6.45, 7) is 1.65. The third-order valence-corrected chi connectivity index (χ3v) is 3.04. The number of carbonyl (C=O) groups excluding carboxylic acids is 1. The molecule has 4 nitrogen and oxygen atoms in total. The summed E-state index contributed by atoms with van der Waals surface area (Å²) >= 11 is 3.42. The minimum Gasteiger partial charge on any atom is -0.465 e. The van der Waals surface area contributed by atoms with E-state index in [1.807, 2.05) is 6.07 Å². The summed E-state index contributed by atoms with van der Waals surface area (Å²) in [6.07, 6.45) is 0.734. The molecule has 0 aliphatic heterocycles. The van der Waals surface area contributed by atoms with Crippen molar-refractivity contribution in [3.63, 3.8) is 0 Å². The van der Waals surface area contributed by atoms with Gasteiger partial charge in [-0.2, -0.15) is 0 Å². The van der Waals surface area contributed by atoms with Crippen LogP contribution in [-0.2, 0) is 11.3 Å². The summed E-state index contributed by atoms with van der Waals surface area (Å²) in [5, 5.41) is 11.8. The van der Waals surface area contributed by atoms with Gasteiger partial charge in [0.25, 0.3) is 0 Å². The van der Waals surface area contributed by atoms with Gasteiger partial charge in [-0.25, -0.2) is 4.79 Å². The predicted molar refractivity (Wildman–Crippen MR) is 68.9 cm³/mol. The van der Waals surface area contributed by atoms with Crippen LogP contribution in [0.1, 0.15) is 22.3 Å². The number of aliphatic hydroxyl groups excluding tert-OH is 1. The van der Waals surface area contributed by atoms with Crippen LogP contribution in [-0.4, -0.2) is 31.3 Å². The Bertz CT molecular complexity index is 382. The van der Waals surface area contributed by atoms with Crippen LogP contribution in [0.25, 0.3) is 0 Å². The second kappa shape index (κ2) is 7.42. The molecule has 0 aliphatic rings. The quantitative estimate of drug-likeness (QED) is 0.620. The first-order valence-corrected chi connectivity index (χ1v) is 6.16. The Morgan fingerprint density at radius 1 is 1.53 bits per heavy atom. The lowest BCUT2D eigenvalue weighted by atomic mass is 10.1. The van der Waals surface area contributed by atoms with Gasteiger partial charge in [0.15, 0.2) is 0 Å². The lowest BCUT2D eigenvalue weighted by molar-refractivity contribution is 0.0600. The van der Waals surface area contributed by atoms with Gasteiger partial charge in [0.2, 0.25) is 0 Å². The molecule has 0 bridgehead atoms. The highest BCUT2D eigenvalue weighted by Crippen LogP contribution is 2.19. The number of ether oxygens (including phenoxy) is 1. The van der Waals surface area contributed by atoms with E-state index < -0.39 is 0 Å².